The number of fused-ring (bicyclic) bond motifs is 1. The number of nitro groups is 1. The predicted molar refractivity (Wildman–Crippen MR) is 81.0 cm³/mol. The van der Waals surface area contributed by atoms with E-state index in [1.54, 1.807) is 18.5 Å². The summed E-state index contributed by atoms with van der Waals surface area (Å²) in [6.07, 6.45) is 6.08. The first kappa shape index (κ1) is 13.6. The van der Waals surface area contributed by atoms with Crippen molar-refractivity contribution >= 4 is 11.4 Å². The summed E-state index contributed by atoms with van der Waals surface area (Å²) >= 11 is 0. The molecule has 1 N–H and O–H groups in total. The molecular weight excluding hydrogens is 268 g/mol. The molecular formula is C15H18N4O2. The molecule has 6 nitrogen and oxygen atoms in total. The first-order valence-electron chi connectivity index (χ1n) is 7.28. The maximum absolute atomic E-state index is 11.1. The molecule has 1 aromatic heterocycles. The van der Waals surface area contributed by atoms with E-state index in [4.69, 9.17) is 0 Å². The van der Waals surface area contributed by atoms with Crippen molar-refractivity contribution in [3.8, 4) is 5.69 Å². The van der Waals surface area contributed by atoms with Crippen molar-refractivity contribution in [3.05, 3.63) is 46.0 Å². The number of aryl methyl sites for hydroxylation is 1. The van der Waals surface area contributed by atoms with E-state index in [0.717, 1.165) is 42.9 Å². The van der Waals surface area contributed by atoms with E-state index >= 15 is 0 Å². The molecule has 0 atom stereocenters. The first-order valence-corrected chi connectivity index (χ1v) is 7.28. The van der Waals surface area contributed by atoms with Crippen LogP contribution in [-0.2, 0) is 12.8 Å². The third kappa shape index (κ3) is 2.61. The molecule has 1 aliphatic carbocycles. The molecule has 21 heavy (non-hydrogen) atoms. The number of nitro benzene ring substituents is 1. The van der Waals surface area contributed by atoms with Crippen molar-refractivity contribution in [1.29, 1.82) is 0 Å². The Morgan fingerprint density at radius 1 is 1.33 bits per heavy atom. The number of anilines is 1. The van der Waals surface area contributed by atoms with E-state index in [-0.39, 0.29) is 10.6 Å². The summed E-state index contributed by atoms with van der Waals surface area (Å²) in [5.74, 6) is 0. The number of hydrogen-bond acceptors (Lipinski definition) is 4. The Bertz CT molecular complexity index is 678. The number of rotatable bonds is 4. The highest BCUT2D eigenvalue weighted by molar-refractivity contribution is 5.59. The highest BCUT2D eigenvalue weighted by atomic mass is 16.6. The lowest BCUT2D eigenvalue weighted by atomic mass is 10.0. The zero-order valence-electron chi connectivity index (χ0n) is 12.0. The van der Waals surface area contributed by atoms with Crippen molar-refractivity contribution < 1.29 is 4.92 Å². The number of non-ortho nitro benzene ring substituents is 1. The summed E-state index contributed by atoms with van der Waals surface area (Å²) in [6.45, 7) is 2.69. The van der Waals surface area contributed by atoms with Gasteiger partial charge in [-0.2, -0.15) is 0 Å². The van der Waals surface area contributed by atoms with Gasteiger partial charge in [0.1, 0.15) is 0 Å². The van der Waals surface area contributed by atoms with E-state index in [9.17, 15) is 10.1 Å². The van der Waals surface area contributed by atoms with Crippen LogP contribution in [0.2, 0.25) is 0 Å². The van der Waals surface area contributed by atoms with Crippen LogP contribution in [0.5, 0.6) is 0 Å². The molecule has 6 heteroatoms. The number of hydrogen-bond donors (Lipinski definition) is 1. The normalized spacial score (nSPS) is 13.8. The van der Waals surface area contributed by atoms with Crippen molar-refractivity contribution in [2.24, 2.45) is 0 Å². The first-order chi connectivity index (χ1) is 10.2. The smallest absolute Gasteiger partial charge is 0.273 e. The molecule has 2 aromatic rings. The minimum Gasteiger partial charge on any atom is -0.385 e. The summed E-state index contributed by atoms with van der Waals surface area (Å²) in [5, 5.41) is 14.3. The molecule has 110 valence electrons. The van der Waals surface area contributed by atoms with Crippen molar-refractivity contribution in [1.82, 2.24) is 9.55 Å². The van der Waals surface area contributed by atoms with Crippen molar-refractivity contribution in [2.75, 3.05) is 11.9 Å². The molecule has 3 rings (SSSR count). The summed E-state index contributed by atoms with van der Waals surface area (Å²) in [7, 11) is 0. The minimum atomic E-state index is -0.353. The van der Waals surface area contributed by atoms with Gasteiger partial charge in [0.25, 0.3) is 5.69 Å². The zero-order chi connectivity index (χ0) is 14.8. The summed E-state index contributed by atoms with van der Waals surface area (Å²) in [5.41, 5.74) is 3.97. The zero-order valence-corrected chi connectivity index (χ0v) is 12.0. The third-order valence-electron chi connectivity index (χ3n) is 3.80. The molecule has 1 heterocycles. The largest absolute Gasteiger partial charge is 0.385 e. The maximum atomic E-state index is 11.1. The second-order valence-corrected chi connectivity index (χ2v) is 5.24. The van der Waals surface area contributed by atoms with Gasteiger partial charge in [-0.15, -0.1) is 0 Å². The summed E-state index contributed by atoms with van der Waals surface area (Å²) in [4.78, 5) is 15.2. The van der Waals surface area contributed by atoms with Gasteiger partial charge >= 0.3 is 0 Å². The van der Waals surface area contributed by atoms with E-state index in [1.165, 1.54) is 12.1 Å². The molecule has 1 aliphatic rings. The van der Waals surface area contributed by atoms with Crippen LogP contribution in [0.25, 0.3) is 5.69 Å². The van der Waals surface area contributed by atoms with Crippen LogP contribution >= 0.6 is 0 Å². The lowest BCUT2D eigenvalue weighted by molar-refractivity contribution is -0.384. The van der Waals surface area contributed by atoms with Gasteiger partial charge in [0.05, 0.1) is 22.6 Å². The van der Waals surface area contributed by atoms with Gasteiger partial charge in [0.2, 0.25) is 0 Å². The number of benzene rings is 1. The van der Waals surface area contributed by atoms with Gasteiger partial charge in [-0.1, -0.05) is 0 Å². The van der Waals surface area contributed by atoms with Gasteiger partial charge in [0.15, 0.2) is 0 Å². The minimum absolute atomic E-state index is 0.0988. The van der Waals surface area contributed by atoms with Crippen molar-refractivity contribution in [3.63, 3.8) is 0 Å². The summed E-state index contributed by atoms with van der Waals surface area (Å²) in [6, 6.07) is 5.11. The standard InChI is InChI=1S/C15H18N4O2/c1-2-16-11-7-12(9-13(8-11)19(20)21)18-10-17-14-5-3-4-6-15(14)18/h7-10,16H,2-6H2,1H3. The highest BCUT2D eigenvalue weighted by Gasteiger charge is 2.18. The third-order valence-corrected chi connectivity index (χ3v) is 3.80. The molecule has 0 aliphatic heterocycles. The van der Waals surface area contributed by atoms with Crippen molar-refractivity contribution in [2.45, 2.75) is 32.6 Å². The average Bonchev–Trinajstić information content (AvgIpc) is 2.91. The molecule has 0 amide bonds. The fourth-order valence-electron chi connectivity index (χ4n) is 2.84. The van der Waals surface area contributed by atoms with E-state index in [2.05, 4.69) is 10.3 Å². The fraction of sp³-hybridized carbons (Fsp3) is 0.400. The fourth-order valence-corrected chi connectivity index (χ4v) is 2.84. The quantitative estimate of drug-likeness (QED) is 0.692. The van der Waals surface area contributed by atoms with Crippen LogP contribution in [0.3, 0.4) is 0 Å². The number of nitrogens with one attached hydrogen (secondary N) is 1. The Labute approximate surface area is 123 Å². The van der Waals surface area contributed by atoms with Gasteiger partial charge in [-0.05, 0) is 38.7 Å². The second kappa shape index (κ2) is 5.55. The lowest BCUT2D eigenvalue weighted by Gasteiger charge is -2.15. The van der Waals surface area contributed by atoms with Gasteiger partial charge in [-0.3, -0.25) is 10.1 Å². The van der Waals surface area contributed by atoms with Gasteiger partial charge in [-0.25, -0.2) is 4.98 Å². The Balaban J connectivity index is 2.08. The van der Waals surface area contributed by atoms with Crippen LogP contribution in [0, 0.1) is 10.1 Å². The lowest BCUT2D eigenvalue weighted by Crippen LogP contribution is -2.08. The van der Waals surface area contributed by atoms with E-state index in [0.29, 0.717) is 0 Å². The Morgan fingerprint density at radius 2 is 2.14 bits per heavy atom. The van der Waals surface area contributed by atoms with Crippen LogP contribution in [0.15, 0.2) is 24.5 Å². The molecule has 0 unspecified atom stereocenters. The topological polar surface area (TPSA) is 73.0 Å². The van der Waals surface area contributed by atoms with Gasteiger partial charge in [0, 0.05) is 30.1 Å². The SMILES string of the molecule is CCNc1cc(-n2cnc3c2CCCC3)cc([N+](=O)[O-])c1. The highest BCUT2D eigenvalue weighted by Crippen LogP contribution is 2.27. The average molecular weight is 286 g/mol. The predicted octanol–water partition coefficient (Wildman–Crippen LogP) is 3.09. The Hall–Kier alpha value is -2.37. The monoisotopic (exact) mass is 286 g/mol. The van der Waals surface area contributed by atoms with Gasteiger partial charge < -0.3 is 9.88 Å². The number of aromatic nitrogens is 2. The summed E-state index contributed by atoms with van der Waals surface area (Å²) < 4.78 is 1.99. The second-order valence-electron chi connectivity index (χ2n) is 5.24. The molecule has 0 fully saturated rings. The van der Waals surface area contributed by atoms with Crippen LogP contribution in [0.1, 0.15) is 31.2 Å². The van der Waals surface area contributed by atoms with Crippen LogP contribution in [-0.4, -0.2) is 21.0 Å². The van der Waals surface area contributed by atoms with E-state index < -0.39 is 0 Å². The Morgan fingerprint density at radius 3 is 2.90 bits per heavy atom. The number of imidazole rings is 1. The molecule has 0 bridgehead atoms. The molecule has 0 spiro atoms. The molecule has 0 saturated heterocycles. The number of nitrogens with zero attached hydrogens (tertiary/aromatic N) is 3. The Kier molecular flexibility index (Phi) is 3.60. The van der Waals surface area contributed by atoms with Crippen LogP contribution in [0.4, 0.5) is 11.4 Å². The maximum Gasteiger partial charge on any atom is 0.273 e. The van der Waals surface area contributed by atoms with Crippen LogP contribution < -0.4 is 5.32 Å². The molecule has 0 radical (unpaired) electrons. The molecule has 0 saturated carbocycles. The van der Waals surface area contributed by atoms with E-state index in [1.807, 2.05) is 17.6 Å². The molecule has 1 aromatic carbocycles.